The predicted octanol–water partition coefficient (Wildman–Crippen LogP) is 3.96. The second kappa shape index (κ2) is 12.2. The molecule has 222 valence electrons. The van der Waals surface area contributed by atoms with Crippen LogP contribution in [0.5, 0.6) is 0 Å². The van der Waals surface area contributed by atoms with Crippen LogP contribution in [0.3, 0.4) is 0 Å². The van der Waals surface area contributed by atoms with Gasteiger partial charge in [-0.25, -0.2) is 4.79 Å². The first-order valence-corrected chi connectivity index (χ1v) is 14.4. The lowest BCUT2D eigenvalue weighted by atomic mass is 9.73. The minimum absolute atomic E-state index is 0.00264. The summed E-state index contributed by atoms with van der Waals surface area (Å²) < 4.78 is 11.2. The van der Waals surface area contributed by atoms with Gasteiger partial charge in [0.05, 0.1) is 13.2 Å². The van der Waals surface area contributed by atoms with E-state index >= 15 is 0 Å². The molecule has 1 saturated heterocycles. The number of amides is 3. The van der Waals surface area contributed by atoms with Gasteiger partial charge in [-0.1, -0.05) is 54.6 Å². The average molecular weight is 565 g/mol. The number of nitrogens with one attached hydrogen (secondary N) is 2. The lowest BCUT2D eigenvalue weighted by Crippen LogP contribution is -2.61. The van der Waals surface area contributed by atoms with Gasteiger partial charge in [0.15, 0.2) is 0 Å². The number of fused-ring (bicyclic) bond motifs is 2. The zero-order valence-electron chi connectivity index (χ0n) is 24.9. The summed E-state index contributed by atoms with van der Waals surface area (Å²) in [5.74, 6) is -0.709. The highest BCUT2D eigenvalue weighted by Gasteiger charge is 2.45. The van der Waals surface area contributed by atoms with Crippen LogP contribution in [-0.2, 0) is 31.1 Å². The van der Waals surface area contributed by atoms with E-state index in [-0.39, 0.29) is 24.0 Å². The normalized spacial score (nSPS) is 18.9. The number of rotatable bonds is 8. The van der Waals surface area contributed by atoms with Crippen LogP contribution in [0.2, 0.25) is 0 Å². The molecule has 2 aromatic rings. The molecule has 4 rings (SSSR count). The van der Waals surface area contributed by atoms with Crippen molar-refractivity contribution in [1.29, 1.82) is 0 Å². The molecule has 0 aromatic heterocycles. The highest BCUT2D eigenvalue weighted by atomic mass is 16.6. The number of carbonyl (C=O) groups excluding carboxylic acids is 3. The average Bonchev–Trinajstić information content (AvgIpc) is 3.18. The number of hydrogen-bond donors (Lipinski definition) is 3. The van der Waals surface area contributed by atoms with Crippen LogP contribution in [-0.4, -0.2) is 59.7 Å². The van der Waals surface area contributed by atoms with Gasteiger partial charge >= 0.3 is 6.09 Å². The van der Waals surface area contributed by atoms with Gasteiger partial charge in [-0.3, -0.25) is 9.59 Å². The minimum atomic E-state index is -1.32. The van der Waals surface area contributed by atoms with Gasteiger partial charge in [0.1, 0.15) is 17.2 Å². The zero-order chi connectivity index (χ0) is 29.8. The molecule has 2 aliphatic rings. The third-order valence-electron chi connectivity index (χ3n) is 7.96. The van der Waals surface area contributed by atoms with E-state index in [9.17, 15) is 14.4 Å². The SMILES string of the molecule is CC(C)(C)OC(=O)NC(C)(C)C(=O)NC(COCc1ccccc1)C(=O)N1CCC2(CC1)C[C@@H](N)c1ccccc12. The predicted molar refractivity (Wildman–Crippen MR) is 157 cm³/mol. The fourth-order valence-corrected chi connectivity index (χ4v) is 5.79. The molecule has 1 unspecified atom stereocenters. The summed E-state index contributed by atoms with van der Waals surface area (Å²) in [6.07, 6.45) is 1.78. The highest BCUT2D eigenvalue weighted by Crippen LogP contribution is 2.49. The number of nitrogens with two attached hydrogens (primary N) is 1. The van der Waals surface area contributed by atoms with Crippen LogP contribution in [0.4, 0.5) is 4.79 Å². The molecule has 2 atom stereocenters. The summed E-state index contributed by atoms with van der Waals surface area (Å²) in [7, 11) is 0. The van der Waals surface area contributed by atoms with Crippen molar-refractivity contribution in [2.24, 2.45) is 5.73 Å². The molecule has 1 aliphatic carbocycles. The van der Waals surface area contributed by atoms with E-state index in [0.29, 0.717) is 19.7 Å². The molecule has 1 fully saturated rings. The van der Waals surface area contributed by atoms with Crippen molar-refractivity contribution in [3.8, 4) is 0 Å². The van der Waals surface area contributed by atoms with Crippen LogP contribution in [0.15, 0.2) is 54.6 Å². The lowest BCUT2D eigenvalue weighted by Gasteiger charge is -2.41. The van der Waals surface area contributed by atoms with Crippen molar-refractivity contribution in [2.45, 2.75) is 89.1 Å². The van der Waals surface area contributed by atoms with Crippen molar-refractivity contribution in [3.05, 3.63) is 71.3 Å². The van der Waals surface area contributed by atoms with E-state index in [1.54, 1.807) is 34.6 Å². The molecule has 1 spiro atoms. The largest absolute Gasteiger partial charge is 0.444 e. The summed E-state index contributed by atoms with van der Waals surface area (Å²) in [5.41, 5.74) is 7.87. The van der Waals surface area contributed by atoms with Crippen molar-refractivity contribution >= 4 is 17.9 Å². The topological polar surface area (TPSA) is 123 Å². The molecule has 0 saturated carbocycles. The third-order valence-corrected chi connectivity index (χ3v) is 7.96. The van der Waals surface area contributed by atoms with Crippen LogP contribution < -0.4 is 16.4 Å². The summed E-state index contributed by atoms with van der Waals surface area (Å²) in [5, 5.41) is 5.46. The number of alkyl carbamates (subject to hydrolysis) is 1. The second-order valence-electron chi connectivity index (χ2n) is 12.8. The minimum Gasteiger partial charge on any atom is -0.444 e. The fourth-order valence-electron chi connectivity index (χ4n) is 5.79. The van der Waals surface area contributed by atoms with Gasteiger partial charge < -0.3 is 30.7 Å². The standard InChI is InChI=1S/C32H44N4O5/c1-30(2,3)41-29(39)35-31(4,5)28(38)34-26(21-40-20-22-11-7-6-8-12-22)27(37)36-17-15-32(16-18-36)19-25(33)23-13-9-10-14-24(23)32/h6-14,25-26H,15-21,33H2,1-5H3,(H,34,38)(H,35,39)/t25-,26?/m1/s1. The van der Waals surface area contributed by atoms with E-state index in [4.69, 9.17) is 15.2 Å². The van der Waals surface area contributed by atoms with Gasteiger partial charge in [-0.2, -0.15) is 0 Å². The van der Waals surface area contributed by atoms with E-state index in [0.717, 1.165) is 24.8 Å². The van der Waals surface area contributed by atoms with E-state index in [2.05, 4.69) is 28.8 Å². The molecule has 1 heterocycles. The molecule has 3 amide bonds. The van der Waals surface area contributed by atoms with Crippen LogP contribution in [0, 0.1) is 0 Å². The van der Waals surface area contributed by atoms with Crippen molar-refractivity contribution in [2.75, 3.05) is 19.7 Å². The monoisotopic (exact) mass is 564 g/mol. The Morgan fingerprint density at radius 1 is 1.00 bits per heavy atom. The smallest absolute Gasteiger partial charge is 0.408 e. The van der Waals surface area contributed by atoms with Crippen molar-refractivity contribution in [3.63, 3.8) is 0 Å². The Balaban J connectivity index is 1.44. The van der Waals surface area contributed by atoms with Crippen molar-refractivity contribution in [1.82, 2.24) is 15.5 Å². The molecule has 41 heavy (non-hydrogen) atoms. The number of likely N-dealkylation sites (tertiary alicyclic amines) is 1. The van der Waals surface area contributed by atoms with Crippen LogP contribution >= 0.6 is 0 Å². The van der Waals surface area contributed by atoms with Crippen molar-refractivity contribution < 1.29 is 23.9 Å². The van der Waals surface area contributed by atoms with Gasteiger partial charge in [0.25, 0.3) is 0 Å². The summed E-state index contributed by atoms with van der Waals surface area (Å²) in [6.45, 7) is 9.81. The van der Waals surface area contributed by atoms with Gasteiger partial charge in [-0.05, 0) is 70.6 Å². The number of benzene rings is 2. The molecule has 9 heteroatoms. The highest BCUT2D eigenvalue weighted by molar-refractivity contribution is 5.93. The number of hydrogen-bond acceptors (Lipinski definition) is 6. The maximum absolute atomic E-state index is 13.8. The number of piperidine rings is 1. The quantitative estimate of drug-likeness (QED) is 0.446. The molecule has 9 nitrogen and oxygen atoms in total. The first-order chi connectivity index (χ1) is 19.3. The number of ether oxygens (including phenoxy) is 2. The summed E-state index contributed by atoms with van der Waals surface area (Å²) in [6, 6.07) is 17.1. The lowest BCUT2D eigenvalue weighted by molar-refractivity contribution is -0.141. The first-order valence-electron chi connectivity index (χ1n) is 14.4. The van der Waals surface area contributed by atoms with E-state index in [1.165, 1.54) is 11.1 Å². The Labute approximate surface area is 243 Å². The fraction of sp³-hybridized carbons (Fsp3) is 0.531. The molecule has 4 N–H and O–H groups in total. The summed E-state index contributed by atoms with van der Waals surface area (Å²) in [4.78, 5) is 41.4. The van der Waals surface area contributed by atoms with Gasteiger partial charge in [-0.15, -0.1) is 0 Å². The molecule has 1 aliphatic heterocycles. The van der Waals surface area contributed by atoms with Crippen LogP contribution in [0.1, 0.15) is 76.6 Å². The van der Waals surface area contributed by atoms with E-state index < -0.39 is 29.2 Å². The second-order valence-corrected chi connectivity index (χ2v) is 12.8. The molecule has 0 bridgehead atoms. The Bertz CT molecular complexity index is 1230. The Hall–Kier alpha value is -3.43. The Morgan fingerprint density at radius 2 is 1.63 bits per heavy atom. The van der Waals surface area contributed by atoms with E-state index in [1.807, 2.05) is 41.3 Å². The number of carbonyl (C=O) groups is 3. The molecule has 2 aromatic carbocycles. The number of nitrogens with zero attached hydrogens (tertiary/aromatic N) is 1. The molecular weight excluding hydrogens is 520 g/mol. The van der Waals surface area contributed by atoms with Gasteiger partial charge in [0.2, 0.25) is 11.8 Å². The maximum Gasteiger partial charge on any atom is 0.408 e. The zero-order valence-corrected chi connectivity index (χ0v) is 24.9. The first kappa shape index (κ1) is 30.5. The summed E-state index contributed by atoms with van der Waals surface area (Å²) >= 11 is 0. The third kappa shape index (κ3) is 7.45. The Kier molecular flexibility index (Phi) is 9.09. The van der Waals surface area contributed by atoms with Crippen LogP contribution in [0.25, 0.3) is 0 Å². The maximum atomic E-state index is 13.8. The molecule has 0 radical (unpaired) electrons. The Morgan fingerprint density at radius 3 is 2.29 bits per heavy atom. The van der Waals surface area contributed by atoms with Gasteiger partial charge in [0, 0.05) is 24.5 Å². The molecular formula is C32H44N4O5.